The van der Waals surface area contributed by atoms with Gasteiger partial charge in [0, 0.05) is 38.4 Å². The number of amides is 1. The minimum absolute atomic E-state index is 0.0418. The first-order chi connectivity index (χ1) is 9.58. The number of carbonyl (C=O) groups is 1. The van der Waals surface area contributed by atoms with Gasteiger partial charge < -0.3 is 9.47 Å². The van der Waals surface area contributed by atoms with Crippen LogP contribution in [0.15, 0.2) is 18.3 Å². The summed E-state index contributed by atoms with van der Waals surface area (Å²) in [5.41, 5.74) is 0.584. The molecule has 20 heavy (non-hydrogen) atoms. The monoisotopic (exact) mass is 274 g/mol. The van der Waals surface area contributed by atoms with Crippen LogP contribution in [0.4, 0.5) is 0 Å². The Kier molecular flexibility index (Phi) is 3.38. The Bertz CT molecular complexity index is 538. The van der Waals surface area contributed by atoms with Crippen molar-refractivity contribution >= 4 is 5.91 Å². The Balaban J connectivity index is 1.84. The summed E-state index contributed by atoms with van der Waals surface area (Å²) in [4.78, 5) is 21.2. The van der Waals surface area contributed by atoms with Gasteiger partial charge in [0.25, 0.3) is 5.91 Å². The third-order valence-electron chi connectivity index (χ3n) is 4.27. The highest BCUT2D eigenvalue weighted by Gasteiger charge is 2.29. The molecule has 0 bridgehead atoms. The predicted octanol–water partition coefficient (Wildman–Crippen LogP) is 1.68. The number of imidazole rings is 1. The smallest absolute Gasteiger partial charge is 0.274 e. The van der Waals surface area contributed by atoms with Gasteiger partial charge in [-0.25, -0.2) is 4.98 Å². The van der Waals surface area contributed by atoms with Crippen molar-refractivity contribution in [3.05, 3.63) is 29.9 Å². The number of hydrogen-bond acceptors (Lipinski definition) is 3. The molecule has 1 atom stereocenters. The van der Waals surface area contributed by atoms with Crippen molar-refractivity contribution in [3.8, 4) is 0 Å². The molecule has 0 saturated carbocycles. The predicted molar refractivity (Wildman–Crippen MR) is 77.5 cm³/mol. The lowest BCUT2D eigenvalue weighted by Crippen LogP contribution is -2.41. The molecule has 2 aliphatic rings. The average molecular weight is 274 g/mol. The number of rotatable bonds is 2. The van der Waals surface area contributed by atoms with Gasteiger partial charge in [0.1, 0.15) is 11.5 Å². The van der Waals surface area contributed by atoms with Gasteiger partial charge in [-0.1, -0.05) is 12.2 Å². The molecule has 2 aliphatic heterocycles. The van der Waals surface area contributed by atoms with Gasteiger partial charge in [-0.3, -0.25) is 9.69 Å². The van der Waals surface area contributed by atoms with E-state index in [1.165, 1.54) is 0 Å². The van der Waals surface area contributed by atoms with Gasteiger partial charge >= 0.3 is 0 Å². The number of nitrogens with zero attached hydrogens (tertiary/aromatic N) is 4. The van der Waals surface area contributed by atoms with Gasteiger partial charge in [-0.15, -0.1) is 0 Å². The highest BCUT2D eigenvalue weighted by atomic mass is 16.2. The van der Waals surface area contributed by atoms with Crippen LogP contribution < -0.4 is 0 Å². The summed E-state index contributed by atoms with van der Waals surface area (Å²) in [5, 5.41) is 0. The lowest BCUT2D eigenvalue weighted by Gasteiger charge is -2.36. The van der Waals surface area contributed by atoms with Gasteiger partial charge in [0.2, 0.25) is 0 Å². The van der Waals surface area contributed by atoms with E-state index < -0.39 is 0 Å². The zero-order chi connectivity index (χ0) is 14.3. The van der Waals surface area contributed by atoms with Crippen LogP contribution in [0, 0.1) is 0 Å². The largest absolute Gasteiger partial charge is 0.331 e. The summed E-state index contributed by atoms with van der Waals surface area (Å²) in [6.45, 7) is 9.92. The zero-order valence-electron chi connectivity index (χ0n) is 12.4. The van der Waals surface area contributed by atoms with E-state index in [4.69, 9.17) is 0 Å². The quantitative estimate of drug-likeness (QED) is 0.771. The Hall–Kier alpha value is -1.62. The van der Waals surface area contributed by atoms with E-state index in [1.807, 2.05) is 23.2 Å². The standard InChI is InChI=1S/C15H22N4O/c1-11(2)19-9-8-18-10-13(16-14(18)12(19)3)15(20)17-6-4-5-7-17/h4-5,10-12H,6-9H2,1-3H3. The maximum Gasteiger partial charge on any atom is 0.274 e. The number of fused-ring (bicyclic) bond motifs is 1. The molecule has 1 aromatic heterocycles. The fourth-order valence-corrected chi connectivity index (χ4v) is 3.12. The van der Waals surface area contributed by atoms with Crippen LogP contribution in [0.25, 0.3) is 0 Å². The van der Waals surface area contributed by atoms with E-state index in [1.54, 1.807) is 0 Å². The van der Waals surface area contributed by atoms with E-state index in [-0.39, 0.29) is 11.9 Å². The van der Waals surface area contributed by atoms with E-state index >= 15 is 0 Å². The zero-order valence-corrected chi connectivity index (χ0v) is 12.4. The Morgan fingerprint density at radius 2 is 2.00 bits per heavy atom. The molecule has 0 aliphatic carbocycles. The summed E-state index contributed by atoms with van der Waals surface area (Å²) in [7, 11) is 0. The van der Waals surface area contributed by atoms with Crippen LogP contribution in [-0.4, -0.2) is 50.9 Å². The molecule has 108 valence electrons. The second-order valence-electron chi connectivity index (χ2n) is 5.87. The first kappa shape index (κ1) is 13.4. The number of carbonyl (C=O) groups excluding carboxylic acids is 1. The van der Waals surface area contributed by atoms with Crippen molar-refractivity contribution in [1.82, 2.24) is 19.4 Å². The molecule has 0 radical (unpaired) electrons. The second kappa shape index (κ2) is 5.05. The van der Waals surface area contributed by atoms with Crippen molar-refractivity contribution in [2.75, 3.05) is 19.6 Å². The normalized spacial score (nSPS) is 22.6. The minimum Gasteiger partial charge on any atom is -0.331 e. The van der Waals surface area contributed by atoms with Gasteiger partial charge in [0.15, 0.2) is 0 Å². The SMILES string of the molecule is CC(C)N1CCn2cc(C(=O)N3CC=CC3)nc2C1C. The molecule has 3 heterocycles. The number of hydrogen-bond donors (Lipinski definition) is 0. The highest BCUT2D eigenvalue weighted by Crippen LogP contribution is 2.26. The molecule has 0 saturated heterocycles. The fourth-order valence-electron chi connectivity index (χ4n) is 3.12. The Morgan fingerprint density at radius 3 is 2.65 bits per heavy atom. The molecule has 0 aromatic carbocycles. The first-order valence-corrected chi connectivity index (χ1v) is 7.35. The van der Waals surface area contributed by atoms with E-state index in [0.717, 1.165) is 18.9 Å². The maximum absolute atomic E-state index is 12.4. The molecule has 3 rings (SSSR count). The third-order valence-corrected chi connectivity index (χ3v) is 4.27. The van der Waals surface area contributed by atoms with Crippen molar-refractivity contribution in [2.24, 2.45) is 0 Å². The van der Waals surface area contributed by atoms with Crippen LogP contribution in [0.2, 0.25) is 0 Å². The average Bonchev–Trinajstić information content (AvgIpc) is 3.07. The third kappa shape index (κ3) is 2.16. The van der Waals surface area contributed by atoms with Crippen molar-refractivity contribution in [1.29, 1.82) is 0 Å². The number of aromatic nitrogens is 2. The summed E-state index contributed by atoms with van der Waals surface area (Å²) in [6, 6.07) is 0.763. The summed E-state index contributed by atoms with van der Waals surface area (Å²) >= 11 is 0. The summed E-state index contributed by atoms with van der Waals surface area (Å²) in [6.07, 6.45) is 5.97. The van der Waals surface area contributed by atoms with Crippen molar-refractivity contribution in [3.63, 3.8) is 0 Å². The lowest BCUT2D eigenvalue weighted by molar-refractivity contribution is 0.0794. The van der Waals surface area contributed by atoms with Gasteiger partial charge in [0.05, 0.1) is 6.04 Å². The Morgan fingerprint density at radius 1 is 1.30 bits per heavy atom. The van der Waals surface area contributed by atoms with E-state index in [0.29, 0.717) is 24.8 Å². The Labute approximate surface area is 119 Å². The van der Waals surface area contributed by atoms with Crippen molar-refractivity contribution in [2.45, 2.75) is 39.4 Å². The molecule has 0 spiro atoms. The fraction of sp³-hybridized carbons (Fsp3) is 0.600. The molecule has 1 aromatic rings. The minimum atomic E-state index is 0.0418. The van der Waals surface area contributed by atoms with E-state index in [2.05, 4.69) is 35.2 Å². The van der Waals surface area contributed by atoms with E-state index in [9.17, 15) is 4.79 Å². The topological polar surface area (TPSA) is 41.4 Å². The van der Waals surface area contributed by atoms with Crippen LogP contribution >= 0.6 is 0 Å². The molecule has 1 unspecified atom stereocenters. The van der Waals surface area contributed by atoms with Crippen LogP contribution in [0.3, 0.4) is 0 Å². The second-order valence-corrected chi connectivity index (χ2v) is 5.87. The molecule has 1 amide bonds. The van der Waals surface area contributed by atoms with Gasteiger partial charge in [-0.2, -0.15) is 0 Å². The lowest BCUT2D eigenvalue weighted by atomic mass is 10.1. The van der Waals surface area contributed by atoms with Crippen molar-refractivity contribution < 1.29 is 4.79 Å². The van der Waals surface area contributed by atoms with Crippen LogP contribution in [-0.2, 0) is 6.54 Å². The van der Waals surface area contributed by atoms with Crippen LogP contribution in [0.5, 0.6) is 0 Å². The van der Waals surface area contributed by atoms with Crippen LogP contribution in [0.1, 0.15) is 43.1 Å². The highest BCUT2D eigenvalue weighted by molar-refractivity contribution is 5.92. The molecule has 0 N–H and O–H groups in total. The molecule has 0 fully saturated rings. The summed E-state index contributed by atoms with van der Waals surface area (Å²) < 4.78 is 2.14. The first-order valence-electron chi connectivity index (χ1n) is 7.35. The van der Waals surface area contributed by atoms with Gasteiger partial charge in [-0.05, 0) is 20.8 Å². The maximum atomic E-state index is 12.4. The molecular weight excluding hydrogens is 252 g/mol. The molecular formula is C15H22N4O. The molecule has 5 nitrogen and oxygen atoms in total. The molecule has 5 heteroatoms. The summed E-state index contributed by atoms with van der Waals surface area (Å²) in [5.74, 6) is 1.06.